The lowest BCUT2D eigenvalue weighted by atomic mass is 10.1. The first-order chi connectivity index (χ1) is 15.9. The first-order valence-corrected chi connectivity index (χ1v) is 11.7. The van der Waals surface area contributed by atoms with Crippen LogP contribution in [0.3, 0.4) is 0 Å². The van der Waals surface area contributed by atoms with Gasteiger partial charge in [-0.3, -0.25) is 4.55 Å². The summed E-state index contributed by atoms with van der Waals surface area (Å²) in [4.78, 5) is 3.36. The number of hydrogen-bond donors (Lipinski definition) is 4. The molecule has 0 fully saturated rings. The SMILES string of the molecule is O=S(=O)(O)Oc1ccccc1OCCNCC(O)COc1cccc2[nH]c3ccccc3c12. The van der Waals surface area contributed by atoms with Crippen LogP contribution in [0.5, 0.6) is 17.2 Å². The molecule has 3 aromatic carbocycles. The summed E-state index contributed by atoms with van der Waals surface area (Å²) in [6.45, 7) is 0.956. The zero-order chi connectivity index (χ0) is 23.3. The van der Waals surface area contributed by atoms with Crippen LogP contribution in [0.2, 0.25) is 0 Å². The van der Waals surface area contributed by atoms with Crippen LogP contribution in [0.1, 0.15) is 0 Å². The molecule has 0 aliphatic rings. The van der Waals surface area contributed by atoms with Gasteiger partial charge in [0.05, 0.1) is 5.52 Å². The van der Waals surface area contributed by atoms with E-state index in [0.29, 0.717) is 12.3 Å². The molecule has 0 bridgehead atoms. The third-order valence-electron chi connectivity index (χ3n) is 4.88. The Labute approximate surface area is 190 Å². The van der Waals surface area contributed by atoms with E-state index in [1.807, 2.05) is 42.5 Å². The van der Waals surface area contributed by atoms with Crippen molar-refractivity contribution < 1.29 is 31.7 Å². The van der Waals surface area contributed by atoms with Crippen molar-refractivity contribution in [1.82, 2.24) is 10.3 Å². The Bertz CT molecular complexity index is 1340. The smallest absolute Gasteiger partial charge is 0.446 e. The standard InChI is InChI=1S/C23H24N2O7S/c26-16(14-24-12-13-30-20-9-3-4-10-21(20)32-33(27,28)29)15-31-22-11-5-8-19-23(22)17-6-1-2-7-18(17)25-19/h1-11,16,24-26H,12-15H2,(H,27,28,29). The summed E-state index contributed by atoms with van der Waals surface area (Å²) in [5.41, 5.74) is 1.99. The second-order valence-corrected chi connectivity index (χ2v) is 8.35. The average Bonchev–Trinajstić information content (AvgIpc) is 3.17. The molecular weight excluding hydrogens is 448 g/mol. The number of aliphatic hydroxyl groups excluding tert-OH is 1. The summed E-state index contributed by atoms with van der Waals surface area (Å²) in [5.74, 6) is 0.760. The predicted octanol–water partition coefficient (Wildman–Crippen LogP) is 2.91. The third-order valence-corrected chi connectivity index (χ3v) is 5.27. The minimum absolute atomic E-state index is 0.109. The van der Waals surface area contributed by atoms with Crippen LogP contribution >= 0.6 is 0 Å². The Kier molecular flexibility index (Phi) is 6.99. The van der Waals surface area contributed by atoms with Crippen LogP contribution in [-0.4, -0.2) is 55.5 Å². The lowest BCUT2D eigenvalue weighted by Gasteiger charge is -2.15. The number of benzene rings is 3. The molecule has 1 aromatic heterocycles. The number of ether oxygens (including phenoxy) is 2. The van der Waals surface area contributed by atoms with Gasteiger partial charge in [0.25, 0.3) is 0 Å². The molecule has 1 unspecified atom stereocenters. The highest BCUT2D eigenvalue weighted by atomic mass is 32.3. The van der Waals surface area contributed by atoms with Gasteiger partial charge < -0.3 is 29.1 Å². The predicted molar refractivity (Wildman–Crippen MR) is 124 cm³/mol. The molecule has 0 spiro atoms. The summed E-state index contributed by atoms with van der Waals surface area (Å²) in [5, 5.41) is 15.4. The third kappa shape index (κ3) is 5.93. The zero-order valence-corrected chi connectivity index (χ0v) is 18.4. The van der Waals surface area contributed by atoms with Gasteiger partial charge in [-0.1, -0.05) is 36.4 Å². The minimum atomic E-state index is -4.64. The number of aromatic nitrogens is 1. The van der Waals surface area contributed by atoms with E-state index in [2.05, 4.69) is 14.5 Å². The van der Waals surface area contributed by atoms with Gasteiger partial charge in [-0.15, -0.1) is 0 Å². The molecule has 4 N–H and O–H groups in total. The van der Waals surface area contributed by atoms with Gasteiger partial charge in [-0.2, -0.15) is 8.42 Å². The molecule has 4 aromatic rings. The highest BCUT2D eigenvalue weighted by molar-refractivity contribution is 7.81. The Morgan fingerprint density at radius 2 is 1.58 bits per heavy atom. The Hall–Kier alpha value is -3.31. The molecule has 0 saturated carbocycles. The van der Waals surface area contributed by atoms with E-state index < -0.39 is 16.5 Å². The molecule has 1 heterocycles. The molecule has 33 heavy (non-hydrogen) atoms. The number of nitrogens with one attached hydrogen (secondary N) is 2. The van der Waals surface area contributed by atoms with Gasteiger partial charge >= 0.3 is 10.4 Å². The van der Waals surface area contributed by atoms with E-state index in [1.54, 1.807) is 12.1 Å². The highest BCUT2D eigenvalue weighted by Crippen LogP contribution is 2.33. The topological polar surface area (TPSA) is 130 Å². The summed E-state index contributed by atoms with van der Waals surface area (Å²) in [6, 6.07) is 19.8. The van der Waals surface area contributed by atoms with Crippen molar-refractivity contribution in [3.05, 3.63) is 66.7 Å². The number of aliphatic hydroxyl groups is 1. The number of H-pyrrole nitrogens is 1. The van der Waals surface area contributed by atoms with Gasteiger partial charge in [0.15, 0.2) is 11.5 Å². The van der Waals surface area contributed by atoms with Gasteiger partial charge in [-0.25, -0.2) is 0 Å². The normalized spacial score (nSPS) is 12.7. The Morgan fingerprint density at radius 3 is 2.39 bits per heavy atom. The number of hydrogen-bond acceptors (Lipinski definition) is 7. The first kappa shape index (κ1) is 22.9. The summed E-state index contributed by atoms with van der Waals surface area (Å²) in [6.07, 6.45) is -0.749. The maximum Gasteiger partial charge on any atom is 0.446 e. The quantitative estimate of drug-likeness (QED) is 0.194. The molecule has 174 valence electrons. The van der Waals surface area contributed by atoms with Gasteiger partial charge in [0.2, 0.25) is 0 Å². The summed E-state index contributed by atoms with van der Waals surface area (Å²) >= 11 is 0. The molecule has 1 atom stereocenters. The van der Waals surface area contributed by atoms with Crippen LogP contribution < -0.4 is 19.0 Å². The van der Waals surface area contributed by atoms with Crippen molar-refractivity contribution in [1.29, 1.82) is 0 Å². The van der Waals surface area contributed by atoms with Gasteiger partial charge in [0, 0.05) is 29.4 Å². The fourth-order valence-electron chi connectivity index (χ4n) is 3.49. The number of fused-ring (bicyclic) bond motifs is 3. The zero-order valence-electron chi connectivity index (χ0n) is 17.6. The van der Waals surface area contributed by atoms with E-state index in [9.17, 15) is 13.5 Å². The van der Waals surface area contributed by atoms with E-state index in [0.717, 1.165) is 21.8 Å². The van der Waals surface area contributed by atoms with Crippen LogP contribution in [-0.2, 0) is 10.4 Å². The van der Waals surface area contributed by atoms with E-state index in [1.165, 1.54) is 12.1 Å². The molecule has 4 rings (SSSR count). The largest absolute Gasteiger partial charge is 0.490 e. The van der Waals surface area contributed by atoms with Crippen LogP contribution in [0, 0.1) is 0 Å². The van der Waals surface area contributed by atoms with Crippen molar-refractivity contribution in [3.63, 3.8) is 0 Å². The van der Waals surface area contributed by atoms with Gasteiger partial charge in [-0.05, 0) is 30.3 Å². The molecule has 0 amide bonds. The van der Waals surface area contributed by atoms with E-state index >= 15 is 0 Å². The van der Waals surface area contributed by atoms with Crippen molar-refractivity contribution in [2.75, 3.05) is 26.3 Å². The Balaban J connectivity index is 1.25. The van der Waals surface area contributed by atoms with Gasteiger partial charge in [0.1, 0.15) is 25.1 Å². The second kappa shape index (κ2) is 10.1. The molecule has 0 aliphatic carbocycles. The fourth-order valence-corrected chi connectivity index (χ4v) is 3.85. The lowest BCUT2D eigenvalue weighted by Crippen LogP contribution is -2.33. The average molecular weight is 473 g/mol. The monoisotopic (exact) mass is 472 g/mol. The maximum atomic E-state index is 10.9. The summed E-state index contributed by atoms with van der Waals surface area (Å²) < 4.78 is 46.5. The van der Waals surface area contributed by atoms with Crippen LogP contribution in [0.15, 0.2) is 66.7 Å². The van der Waals surface area contributed by atoms with Crippen LogP contribution in [0.25, 0.3) is 21.8 Å². The van der Waals surface area contributed by atoms with Crippen LogP contribution in [0.4, 0.5) is 0 Å². The minimum Gasteiger partial charge on any atom is -0.490 e. The number of rotatable bonds is 11. The second-order valence-electron chi connectivity index (χ2n) is 7.32. The molecule has 0 aliphatic heterocycles. The van der Waals surface area contributed by atoms with E-state index in [-0.39, 0.29) is 31.3 Å². The summed E-state index contributed by atoms with van der Waals surface area (Å²) in [7, 11) is -4.64. The van der Waals surface area contributed by atoms with Crippen molar-refractivity contribution >= 4 is 32.2 Å². The maximum absolute atomic E-state index is 10.9. The number of aromatic amines is 1. The fraction of sp³-hybridized carbons (Fsp3) is 0.217. The molecular formula is C23H24N2O7S. The lowest BCUT2D eigenvalue weighted by molar-refractivity contribution is 0.106. The molecule has 0 radical (unpaired) electrons. The molecule has 9 nitrogen and oxygen atoms in total. The molecule has 10 heteroatoms. The highest BCUT2D eigenvalue weighted by Gasteiger charge is 2.13. The number of para-hydroxylation sites is 3. The Morgan fingerprint density at radius 1 is 0.879 bits per heavy atom. The molecule has 0 saturated heterocycles. The van der Waals surface area contributed by atoms with Crippen molar-refractivity contribution in [2.45, 2.75) is 6.10 Å². The van der Waals surface area contributed by atoms with E-state index in [4.69, 9.17) is 14.0 Å². The van der Waals surface area contributed by atoms with Crippen molar-refractivity contribution in [3.8, 4) is 17.2 Å². The van der Waals surface area contributed by atoms with Crippen molar-refractivity contribution in [2.24, 2.45) is 0 Å². The first-order valence-electron chi connectivity index (χ1n) is 10.3.